The third-order valence-corrected chi connectivity index (χ3v) is 2.21. The van der Waals surface area contributed by atoms with Crippen molar-refractivity contribution in [3.05, 3.63) is 18.0 Å². The lowest BCUT2D eigenvalue weighted by Gasteiger charge is -2.11. The largest absolute Gasteiger partial charge is 0.461 e. The van der Waals surface area contributed by atoms with Crippen molar-refractivity contribution in [2.45, 2.75) is 33.4 Å². The van der Waals surface area contributed by atoms with Crippen molar-refractivity contribution in [2.75, 3.05) is 17.2 Å². The second-order valence-corrected chi connectivity index (χ2v) is 4.31. The summed E-state index contributed by atoms with van der Waals surface area (Å²) in [6, 6.07) is 2.05. The summed E-state index contributed by atoms with van der Waals surface area (Å²) in [5.41, 5.74) is 0.766. The molecule has 2 aromatic heterocycles. The fourth-order valence-corrected chi connectivity index (χ4v) is 1.43. The molecule has 20 heavy (non-hydrogen) atoms. The average Bonchev–Trinajstić information content (AvgIpc) is 2.89. The van der Waals surface area contributed by atoms with Crippen LogP contribution in [0.3, 0.4) is 0 Å². The van der Waals surface area contributed by atoms with Gasteiger partial charge in [-0.2, -0.15) is 15.0 Å². The van der Waals surface area contributed by atoms with Gasteiger partial charge in [0.25, 0.3) is 0 Å². The van der Waals surface area contributed by atoms with Gasteiger partial charge >= 0.3 is 6.01 Å². The van der Waals surface area contributed by atoms with Crippen molar-refractivity contribution >= 4 is 11.9 Å². The minimum absolute atomic E-state index is 0.00438. The number of ether oxygens (including phenoxy) is 1. The topological polar surface area (TPSA) is 98.0 Å². The first-order valence-electron chi connectivity index (χ1n) is 6.47. The highest BCUT2D eigenvalue weighted by Gasteiger charge is 2.09. The maximum atomic E-state index is 5.50. The van der Waals surface area contributed by atoms with E-state index in [1.54, 1.807) is 6.07 Å². The normalized spacial score (nSPS) is 10.6. The Labute approximate surface area is 117 Å². The number of nitrogens with zero attached hydrogens (tertiary/aromatic N) is 4. The molecular formula is C12H18N6O2. The standard InChI is InChI=1S/C12H18N6O2/c1-4-13-10-15-11(14-7-9-5-6-19-18-9)17-12(16-10)20-8(2)3/h5-6,8H,4,7H2,1-3H3,(H2,13,14,15,16,17). The molecule has 2 heterocycles. The van der Waals surface area contributed by atoms with Crippen LogP contribution in [-0.2, 0) is 6.54 Å². The van der Waals surface area contributed by atoms with E-state index in [1.165, 1.54) is 6.26 Å². The Morgan fingerprint density at radius 3 is 2.55 bits per heavy atom. The maximum absolute atomic E-state index is 5.50. The average molecular weight is 278 g/mol. The van der Waals surface area contributed by atoms with E-state index in [-0.39, 0.29) is 12.1 Å². The highest BCUT2D eigenvalue weighted by atomic mass is 16.5. The molecule has 0 radical (unpaired) electrons. The van der Waals surface area contributed by atoms with Crippen molar-refractivity contribution in [3.63, 3.8) is 0 Å². The first kappa shape index (κ1) is 14.0. The van der Waals surface area contributed by atoms with Gasteiger partial charge in [-0.1, -0.05) is 5.16 Å². The first-order valence-corrected chi connectivity index (χ1v) is 6.47. The van der Waals surface area contributed by atoms with Crippen LogP contribution in [0.1, 0.15) is 26.5 Å². The van der Waals surface area contributed by atoms with Gasteiger partial charge in [-0.3, -0.25) is 0 Å². The molecule has 0 aliphatic rings. The fraction of sp³-hybridized carbons (Fsp3) is 0.500. The van der Waals surface area contributed by atoms with E-state index >= 15 is 0 Å². The highest BCUT2D eigenvalue weighted by Crippen LogP contribution is 2.13. The third-order valence-electron chi connectivity index (χ3n) is 2.21. The van der Waals surface area contributed by atoms with Gasteiger partial charge in [0.05, 0.1) is 12.6 Å². The molecule has 0 amide bonds. The Morgan fingerprint density at radius 1 is 1.20 bits per heavy atom. The van der Waals surface area contributed by atoms with Crippen LogP contribution in [0.4, 0.5) is 11.9 Å². The summed E-state index contributed by atoms with van der Waals surface area (Å²) in [7, 11) is 0. The second kappa shape index (κ2) is 6.69. The maximum Gasteiger partial charge on any atom is 0.323 e. The lowest BCUT2D eigenvalue weighted by Crippen LogP contribution is -2.13. The van der Waals surface area contributed by atoms with Crippen LogP contribution in [0.2, 0.25) is 0 Å². The van der Waals surface area contributed by atoms with Crippen molar-refractivity contribution in [1.29, 1.82) is 0 Å². The van der Waals surface area contributed by atoms with E-state index in [0.717, 1.165) is 5.69 Å². The molecule has 108 valence electrons. The van der Waals surface area contributed by atoms with Crippen LogP contribution in [0.5, 0.6) is 6.01 Å². The summed E-state index contributed by atoms with van der Waals surface area (Å²) in [4.78, 5) is 12.6. The fourth-order valence-electron chi connectivity index (χ4n) is 1.43. The van der Waals surface area contributed by atoms with Gasteiger partial charge in [0.2, 0.25) is 11.9 Å². The van der Waals surface area contributed by atoms with E-state index in [4.69, 9.17) is 9.26 Å². The first-order chi connectivity index (χ1) is 9.67. The Hall–Kier alpha value is -2.38. The SMILES string of the molecule is CCNc1nc(NCc2ccon2)nc(OC(C)C)n1. The van der Waals surface area contributed by atoms with Crippen LogP contribution in [-0.4, -0.2) is 32.8 Å². The summed E-state index contributed by atoms with van der Waals surface area (Å²) >= 11 is 0. The Bertz CT molecular complexity index is 529. The molecule has 0 aliphatic carbocycles. The van der Waals surface area contributed by atoms with Crippen molar-refractivity contribution in [1.82, 2.24) is 20.1 Å². The van der Waals surface area contributed by atoms with E-state index < -0.39 is 0 Å². The molecule has 2 N–H and O–H groups in total. The molecule has 0 spiro atoms. The van der Waals surface area contributed by atoms with E-state index in [0.29, 0.717) is 25.0 Å². The number of hydrogen-bond donors (Lipinski definition) is 2. The van der Waals surface area contributed by atoms with Gasteiger partial charge in [-0.25, -0.2) is 0 Å². The zero-order chi connectivity index (χ0) is 14.4. The molecular weight excluding hydrogens is 260 g/mol. The molecule has 2 rings (SSSR count). The lowest BCUT2D eigenvalue weighted by atomic mass is 10.4. The highest BCUT2D eigenvalue weighted by molar-refractivity contribution is 5.36. The summed E-state index contributed by atoms with van der Waals surface area (Å²) in [5.74, 6) is 0.899. The molecule has 0 saturated heterocycles. The number of hydrogen-bond acceptors (Lipinski definition) is 8. The van der Waals surface area contributed by atoms with Gasteiger partial charge in [0.15, 0.2) is 0 Å². The van der Waals surface area contributed by atoms with E-state index in [1.807, 2.05) is 20.8 Å². The summed E-state index contributed by atoms with van der Waals surface area (Å²) in [5, 5.41) is 9.90. The van der Waals surface area contributed by atoms with Crippen LogP contribution < -0.4 is 15.4 Å². The Balaban J connectivity index is 2.10. The van der Waals surface area contributed by atoms with Crippen LogP contribution in [0, 0.1) is 0 Å². The van der Waals surface area contributed by atoms with E-state index in [2.05, 4.69) is 30.7 Å². The summed E-state index contributed by atoms with van der Waals surface area (Å²) in [6.07, 6.45) is 1.51. The smallest absolute Gasteiger partial charge is 0.323 e. The number of anilines is 2. The molecule has 0 fully saturated rings. The quantitative estimate of drug-likeness (QED) is 0.789. The van der Waals surface area contributed by atoms with Crippen LogP contribution in [0.25, 0.3) is 0 Å². The summed E-state index contributed by atoms with van der Waals surface area (Å²) in [6.45, 7) is 6.98. The lowest BCUT2D eigenvalue weighted by molar-refractivity contribution is 0.222. The predicted octanol–water partition coefficient (Wildman–Crippen LogP) is 1.69. The minimum Gasteiger partial charge on any atom is -0.461 e. The molecule has 8 nitrogen and oxygen atoms in total. The molecule has 8 heteroatoms. The monoisotopic (exact) mass is 278 g/mol. The van der Waals surface area contributed by atoms with Crippen molar-refractivity contribution in [2.24, 2.45) is 0 Å². The van der Waals surface area contributed by atoms with Crippen LogP contribution >= 0.6 is 0 Å². The summed E-state index contributed by atoms with van der Waals surface area (Å²) < 4.78 is 10.3. The van der Waals surface area contributed by atoms with Gasteiger partial charge in [-0.05, 0) is 20.8 Å². The number of rotatable bonds is 7. The van der Waals surface area contributed by atoms with Gasteiger partial charge in [0, 0.05) is 12.6 Å². The second-order valence-electron chi connectivity index (χ2n) is 4.31. The van der Waals surface area contributed by atoms with E-state index in [9.17, 15) is 0 Å². The molecule has 0 bridgehead atoms. The van der Waals surface area contributed by atoms with Gasteiger partial charge in [-0.15, -0.1) is 0 Å². The Kier molecular flexibility index (Phi) is 4.70. The molecule has 2 aromatic rings. The van der Waals surface area contributed by atoms with Gasteiger partial charge in [0.1, 0.15) is 12.0 Å². The minimum atomic E-state index is -0.00438. The molecule has 0 saturated carbocycles. The molecule has 0 aliphatic heterocycles. The predicted molar refractivity (Wildman–Crippen MR) is 73.6 cm³/mol. The van der Waals surface area contributed by atoms with Crippen molar-refractivity contribution in [3.8, 4) is 6.01 Å². The molecule has 0 aromatic carbocycles. The number of nitrogens with one attached hydrogen (secondary N) is 2. The number of aromatic nitrogens is 4. The van der Waals surface area contributed by atoms with Crippen molar-refractivity contribution < 1.29 is 9.26 Å². The molecule has 0 unspecified atom stereocenters. The zero-order valence-corrected chi connectivity index (χ0v) is 11.8. The van der Waals surface area contributed by atoms with Gasteiger partial charge < -0.3 is 19.9 Å². The zero-order valence-electron chi connectivity index (χ0n) is 11.8. The van der Waals surface area contributed by atoms with Crippen LogP contribution in [0.15, 0.2) is 16.9 Å². The third kappa shape index (κ3) is 4.08. The Morgan fingerprint density at radius 2 is 1.95 bits per heavy atom. The molecule has 0 atom stereocenters.